The molecule has 0 radical (unpaired) electrons. The van der Waals surface area contributed by atoms with Gasteiger partial charge in [-0.3, -0.25) is 10.1 Å². The molecule has 0 aliphatic carbocycles. The van der Waals surface area contributed by atoms with E-state index >= 15 is 0 Å². The highest BCUT2D eigenvalue weighted by Gasteiger charge is 2.21. The van der Waals surface area contributed by atoms with E-state index in [2.05, 4.69) is 40.1 Å². The second-order valence-electron chi connectivity index (χ2n) is 9.23. The van der Waals surface area contributed by atoms with Gasteiger partial charge in [0.25, 0.3) is 5.69 Å². The fourth-order valence-corrected chi connectivity index (χ4v) is 4.25. The van der Waals surface area contributed by atoms with Gasteiger partial charge in [0.1, 0.15) is 5.69 Å². The highest BCUT2D eigenvalue weighted by atomic mass is 16.6. The first-order chi connectivity index (χ1) is 18.1. The van der Waals surface area contributed by atoms with Gasteiger partial charge in [-0.15, -0.1) is 0 Å². The zero-order valence-electron chi connectivity index (χ0n) is 22.3. The van der Waals surface area contributed by atoms with Crippen LogP contribution in [0.5, 0.6) is 0 Å². The number of nitro benzene ring substituents is 1. The van der Waals surface area contributed by atoms with Gasteiger partial charge in [0.15, 0.2) is 0 Å². The number of carbonyl (C=O) groups excluding carboxylic acids is 2. The zero-order chi connectivity index (χ0) is 28.0. The predicted molar refractivity (Wildman–Crippen MR) is 147 cm³/mol. The number of nitrogens with zero attached hydrogens (tertiary/aromatic N) is 6. The Bertz CT molecular complexity index is 1490. The standard InChI is InChI=1S/C26H31N7O2.CO2/c1-17-8-7-9-22-25(17)19(16-32(22)6)20-10-11-27-26(28-20)29-21-15-24(33(34)35)23(14-18(21)2)31(5)13-12-30(3)4;2-1-3/h7-11,14-16H,12-13H2,1-6H3,(H,27,28,29);. The summed E-state index contributed by atoms with van der Waals surface area (Å²) in [6.07, 6.45) is 4.02. The van der Waals surface area contributed by atoms with Gasteiger partial charge in [0.05, 0.1) is 16.3 Å². The molecule has 2 heterocycles. The zero-order valence-corrected chi connectivity index (χ0v) is 22.3. The van der Waals surface area contributed by atoms with E-state index in [1.54, 1.807) is 12.3 Å². The third-order valence-corrected chi connectivity index (χ3v) is 6.21. The third-order valence-electron chi connectivity index (χ3n) is 6.21. The van der Waals surface area contributed by atoms with Gasteiger partial charge >= 0.3 is 6.15 Å². The van der Waals surface area contributed by atoms with Crippen molar-refractivity contribution in [1.29, 1.82) is 0 Å². The van der Waals surface area contributed by atoms with Crippen molar-refractivity contribution in [2.45, 2.75) is 13.8 Å². The van der Waals surface area contributed by atoms with Crippen LogP contribution < -0.4 is 10.2 Å². The Labute approximate surface area is 220 Å². The maximum absolute atomic E-state index is 11.9. The van der Waals surface area contributed by atoms with E-state index < -0.39 is 0 Å². The van der Waals surface area contributed by atoms with E-state index in [-0.39, 0.29) is 16.8 Å². The van der Waals surface area contributed by atoms with Crippen LogP contribution in [0.3, 0.4) is 0 Å². The van der Waals surface area contributed by atoms with Crippen LogP contribution in [0, 0.1) is 24.0 Å². The molecule has 0 aliphatic rings. The maximum Gasteiger partial charge on any atom is 0.373 e. The molecule has 2 aromatic carbocycles. The molecule has 0 atom stereocenters. The summed E-state index contributed by atoms with van der Waals surface area (Å²) < 4.78 is 2.09. The molecule has 2 aromatic heterocycles. The molecule has 1 N–H and O–H groups in total. The van der Waals surface area contributed by atoms with E-state index in [9.17, 15) is 10.1 Å². The Morgan fingerprint density at radius 1 is 1.08 bits per heavy atom. The van der Waals surface area contributed by atoms with Gasteiger partial charge in [-0.2, -0.15) is 9.59 Å². The Morgan fingerprint density at radius 3 is 2.45 bits per heavy atom. The first-order valence-electron chi connectivity index (χ1n) is 11.9. The summed E-state index contributed by atoms with van der Waals surface area (Å²) in [5.74, 6) is 0.388. The van der Waals surface area contributed by atoms with Crippen molar-refractivity contribution < 1.29 is 14.5 Å². The van der Waals surface area contributed by atoms with E-state index in [1.807, 2.05) is 63.1 Å². The highest BCUT2D eigenvalue weighted by molar-refractivity contribution is 5.97. The number of anilines is 3. The summed E-state index contributed by atoms with van der Waals surface area (Å²) in [5.41, 5.74) is 6.22. The monoisotopic (exact) mass is 517 g/mol. The SMILES string of the molecule is Cc1cc(N(C)CCN(C)C)c([N+](=O)[O-])cc1Nc1nccc(-c2cn(C)c3cccc(C)c23)n1.O=C=O. The van der Waals surface area contributed by atoms with Gasteiger partial charge in [0, 0.05) is 62.1 Å². The fraction of sp³-hybridized carbons (Fsp3) is 0.296. The molecule has 0 amide bonds. The Morgan fingerprint density at radius 2 is 1.79 bits per heavy atom. The number of nitro groups is 1. The molecule has 0 bridgehead atoms. The summed E-state index contributed by atoms with van der Waals surface area (Å²) in [4.78, 5) is 40.9. The summed E-state index contributed by atoms with van der Waals surface area (Å²) in [6, 6.07) is 11.5. The quantitative estimate of drug-likeness (QED) is 0.268. The van der Waals surface area contributed by atoms with Crippen molar-refractivity contribution in [2.24, 2.45) is 7.05 Å². The van der Waals surface area contributed by atoms with Gasteiger partial charge < -0.3 is 19.7 Å². The summed E-state index contributed by atoms with van der Waals surface area (Å²) >= 11 is 0. The molecule has 11 heteroatoms. The number of benzene rings is 2. The molecule has 4 rings (SSSR count). The molecule has 0 spiro atoms. The third kappa shape index (κ3) is 6.20. The van der Waals surface area contributed by atoms with Crippen LogP contribution >= 0.6 is 0 Å². The normalized spacial score (nSPS) is 10.6. The Balaban J connectivity index is 0.00000127. The first kappa shape index (κ1) is 28.0. The topological polar surface area (TPSA) is 126 Å². The lowest BCUT2D eigenvalue weighted by atomic mass is 10.1. The summed E-state index contributed by atoms with van der Waals surface area (Å²) in [7, 11) is 7.85. The Kier molecular flexibility index (Phi) is 8.90. The molecule has 4 aromatic rings. The number of rotatable bonds is 8. The van der Waals surface area contributed by atoms with Crippen molar-refractivity contribution in [1.82, 2.24) is 19.4 Å². The molecule has 38 heavy (non-hydrogen) atoms. The number of nitrogens with one attached hydrogen (secondary N) is 1. The van der Waals surface area contributed by atoms with Crippen LogP contribution in [-0.2, 0) is 16.6 Å². The molecule has 0 unspecified atom stereocenters. The minimum Gasteiger partial charge on any atom is -0.368 e. The van der Waals surface area contributed by atoms with Crippen molar-refractivity contribution in [3.63, 3.8) is 0 Å². The molecule has 11 nitrogen and oxygen atoms in total. The van der Waals surface area contributed by atoms with Crippen LogP contribution in [0.1, 0.15) is 11.1 Å². The fourth-order valence-electron chi connectivity index (χ4n) is 4.25. The van der Waals surface area contributed by atoms with Gasteiger partial charge in [-0.25, -0.2) is 9.97 Å². The summed E-state index contributed by atoms with van der Waals surface area (Å²) in [6.45, 7) is 5.48. The molecule has 198 valence electrons. The van der Waals surface area contributed by atoms with Gasteiger partial charge in [-0.05, 0) is 57.3 Å². The number of fused-ring (bicyclic) bond motifs is 1. The van der Waals surface area contributed by atoms with E-state index in [4.69, 9.17) is 14.6 Å². The second kappa shape index (κ2) is 12.1. The number of aryl methyl sites for hydroxylation is 3. The van der Waals surface area contributed by atoms with Crippen molar-refractivity contribution in [2.75, 3.05) is 44.4 Å². The lowest BCUT2D eigenvalue weighted by Gasteiger charge is -2.22. The number of hydrogen-bond donors (Lipinski definition) is 1. The van der Waals surface area contributed by atoms with Crippen LogP contribution in [0.15, 0.2) is 48.8 Å². The highest BCUT2D eigenvalue weighted by Crippen LogP contribution is 2.35. The van der Waals surface area contributed by atoms with E-state index in [0.29, 0.717) is 23.9 Å². The smallest absolute Gasteiger partial charge is 0.368 e. The molecular formula is C27H31N7O4. The lowest BCUT2D eigenvalue weighted by Crippen LogP contribution is -2.29. The minimum absolute atomic E-state index is 0.0418. The van der Waals surface area contributed by atoms with E-state index in [0.717, 1.165) is 34.3 Å². The average Bonchev–Trinajstić information content (AvgIpc) is 3.22. The lowest BCUT2D eigenvalue weighted by molar-refractivity contribution is -0.384. The maximum atomic E-state index is 11.9. The predicted octanol–water partition coefficient (Wildman–Crippen LogP) is 4.32. The molecule has 0 saturated carbocycles. The minimum atomic E-state index is -0.345. The van der Waals surface area contributed by atoms with Gasteiger partial charge in [0.2, 0.25) is 5.95 Å². The molecule has 0 fully saturated rings. The second-order valence-corrected chi connectivity index (χ2v) is 9.23. The largest absolute Gasteiger partial charge is 0.373 e. The number of hydrogen-bond acceptors (Lipinski definition) is 9. The van der Waals surface area contributed by atoms with Crippen LogP contribution in [-0.4, -0.2) is 64.7 Å². The van der Waals surface area contributed by atoms with E-state index in [1.165, 1.54) is 5.56 Å². The van der Waals surface area contributed by atoms with Crippen molar-refractivity contribution >= 4 is 40.1 Å². The van der Waals surface area contributed by atoms with Crippen molar-refractivity contribution in [3.05, 3.63) is 70.0 Å². The molecular weight excluding hydrogens is 486 g/mol. The molecule has 0 aliphatic heterocycles. The summed E-state index contributed by atoms with van der Waals surface area (Å²) in [5, 5.41) is 16.2. The number of aromatic nitrogens is 3. The van der Waals surface area contributed by atoms with Gasteiger partial charge in [-0.1, -0.05) is 12.1 Å². The first-order valence-corrected chi connectivity index (χ1v) is 11.9. The van der Waals surface area contributed by atoms with Crippen LogP contribution in [0.2, 0.25) is 0 Å². The Hall–Kier alpha value is -4.60. The van der Waals surface area contributed by atoms with Crippen LogP contribution in [0.4, 0.5) is 23.0 Å². The van der Waals surface area contributed by atoms with Crippen LogP contribution in [0.25, 0.3) is 22.2 Å². The average molecular weight is 518 g/mol. The number of likely N-dealkylation sites (N-methyl/N-ethyl adjacent to an activating group) is 2. The van der Waals surface area contributed by atoms with Crippen molar-refractivity contribution in [3.8, 4) is 11.3 Å². The molecule has 0 saturated heterocycles.